The van der Waals surface area contributed by atoms with Crippen molar-refractivity contribution in [3.05, 3.63) is 35.9 Å². The average molecular weight is 219 g/mol. The van der Waals surface area contributed by atoms with E-state index >= 15 is 0 Å². The summed E-state index contributed by atoms with van der Waals surface area (Å²) in [6.45, 7) is 2.45. The quantitative estimate of drug-likeness (QED) is 0.771. The summed E-state index contributed by atoms with van der Waals surface area (Å²) in [4.78, 5) is 13.7. The number of ether oxygens (including phenoxy) is 1. The van der Waals surface area contributed by atoms with E-state index in [1.165, 1.54) is 5.56 Å². The third kappa shape index (κ3) is 2.68. The third-order valence-corrected chi connectivity index (χ3v) is 2.99. The zero-order valence-corrected chi connectivity index (χ0v) is 9.56. The minimum absolute atomic E-state index is 0.229. The van der Waals surface area contributed by atoms with E-state index in [0.29, 0.717) is 13.0 Å². The van der Waals surface area contributed by atoms with Crippen molar-refractivity contribution in [2.24, 2.45) is 0 Å². The topological polar surface area (TPSA) is 29.5 Å². The lowest BCUT2D eigenvalue weighted by molar-refractivity contribution is -0.133. The van der Waals surface area contributed by atoms with Gasteiger partial charge in [-0.1, -0.05) is 30.3 Å². The van der Waals surface area contributed by atoms with Gasteiger partial charge in [0.05, 0.1) is 0 Å². The van der Waals surface area contributed by atoms with Crippen LogP contribution in [0.2, 0.25) is 0 Å². The summed E-state index contributed by atoms with van der Waals surface area (Å²) in [7, 11) is 1.61. The Morgan fingerprint density at radius 1 is 1.38 bits per heavy atom. The maximum Gasteiger partial charge on any atom is 0.164 e. The molecule has 1 heterocycles. The van der Waals surface area contributed by atoms with Crippen molar-refractivity contribution in [3.8, 4) is 0 Å². The molecule has 3 heteroatoms. The number of Topliss-reactive ketones (excluding diaryl/α,β-unsaturated/α-hetero) is 1. The number of piperidine rings is 1. The van der Waals surface area contributed by atoms with E-state index in [9.17, 15) is 4.79 Å². The summed E-state index contributed by atoms with van der Waals surface area (Å²) in [6, 6.07) is 10.3. The number of hydrogen-bond acceptors (Lipinski definition) is 3. The lowest BCUT2D eigenvalue weighted by atomic mass is 10.1. The largest absolute Gasteiger partial charge is 0.372 e. The number of likely N-dealkylation sites (tertiary alicyclic amines) is 1. The molecule has 1 aliphatic heterocycles. The van der Waals surface area contributed by atoms with Crippen molar-refractivity contribution in [1.82, 2.24) is 4.90 Å². The van der Waals surface area contributed by atoms with Crippen LogP contribution in [0.15, 0.2) is 30.3 Å². The summed E-state index contributed by atoms with van der Waals surface area (Å²) in [5, 5.41) is 0. The van der Waals surface area contributed by atoms with Crippen molar-refractivity contribution in [2.75, 3.05) is 20.2 Å². The maximum absolute atomic E-state index is 11.5. The lowest BCUT2D eigenvalue weighted by Crippen LogP contribution is -2.44. The van der Waals surface area contributed by atoms with E-state index in [1.807, 2.05) is 18.2 Å². The summed E-state index contributed by atoms with van der Waals surface area (Å²) >= 11 is 0. The van der Waals surface area contributed by atoms with Crippen LogP contribution in [0.1, 0.15) is 12.0 Å². The van der Waals surface area contributed by atoms with Crippen LogP contribution >= 0.6 is 0 Å². The minimum atomic E-state index is -0.238. The van der Waals surface area contributed by atoms with Gasteiger partial charge in [0.25, 0.3) is 0 Å². The van der Waals surface area contributed by atoms with Gasteiger partial charge in [0.1, 0.15) is 6.10 Å². The van der Waals surface area contributed by atoms with Crippen LogP contribution in [-0.4, -0.2) is 37.0 Å². The number of benzene rings is 1. The van der Waals surface area contributed by atoms with Gasteiger partial charge in [-0.2, -0.15) is 0 Å². The second kappa shape index (κ2) is 5.23. The molecule has 0 spiro atoms. The molecule has 0 aliphatic carbocycles. The van der Waals surface area contributed by atoms with Crippen molar-refractivity contribution >= 4 is 5.78 Å². The molecular formula is C13H17NO2. The highest BCUT2D eigenvalue weighted by Crippen LogP contribution is 2.12. The Morgan fingerprint density at radius 2 is 2.12 bits per heavy atom. The smallest absolute Gasteiger partial charge is 0.164 e. The zero-order valence-electron chi connectivity index (χ0n) is 9.56. The predicted molar refractivity (Wildman–Crippen MR) is 62.1 cm³/mol. The highest BCUT2D eigenvalue weighted by atomic mass is 16.5. The number of ketones is 1. The molecule has 0 N–H and O–H groups in total. The Bertz CT molecular complexity index is 350. The van der Waals surface area contributed by atoms with Gasteiger partial charge in [-0.15, -0.1) is 0 Å². The molecule has 1 atom stereocenters. The van der Waals surface area contributed by atoms with Crippen LogP contribution in [0, 0.1) is 0 Å². The summed E-state index contributed by atoms with van der Waals surface area (Å²) in [6.07, 6.45) is 0.364. The van der Waals surface area contributed by atoms with Crippen LogP contribution in [0.5, 0.6) is 0 Å². The molecule has 3 nitrogen and oxygen atoms in total. The first-order valence-electron chi connectivity index (χ1n) is 5.61. The Balaban J connectivity index is 1.94. The molecule has 1 fully saturated rings. The molecule has 0 saturated carbocycles. The van der Waals surface area contributed by atoms with Crippen molar-refractivity contribution in [3.63, 3.8) is 0 Å². The fraction of sp³-hybridized carbons (Fsp3) is 0.462. The summed E-state index contributed by atoms with van der Waals surface area (Å²) in [5.74, 6) is 0.229. The Kier molecular flexibility index (Phi) is 3.70. The number of nitrogens with zero attached hydrogens (tertiary/aromatic N) is 1. The second-order valence-electron chi connectivity index (χ2n) is 4.16. The van der Waals surface area contributed by atoms with Crippen LogP contribution in [0.3, 0.4) is 0 Å². The second-order valence-corrected chi connectivity index (χ2v) is 4.16. The number of methoxy groups -OCH3 is 1. The van der Waals surface area contributed by atoms with Gasteiger partial charge < -0.3 is 4.74 Å². The number of hydrogen-bond donors (Lipinski definition) is 0. The molecule has 0 amide bonds. The number of rotatable bonds is 3. The zero-order chi connectivity index (χ0) is 11.4. The van der Waals surface area contributed by atoms with E-state index < -0.39 is 0 Å². The Morgan fingerprint density at radius 3 is 2.81 bits per heavy atom. The highest BCUT2D eigenvalue weighted by molar-refractivity contribution is 5.84. The first-order chi connectivity index (χ1) is 7.79. The number of carbonyl (C=O) groups is 1. The van der Waals surface area contributed by atoms with Crippen LogP contribution in [-0.2, 0) is 16.1 Å². The molecule has 86 valence electrons. The number of carbonyl (C=O) groups excluding carboxylic acids is 1. The normalized spacial score (nSPS) is 22.3. The summed E-state index contributed by atoms with van der Waals surface area (Å²) in [5.41, 5.74) is 1.28. The van der Waals surface area contributed by atoms with E-state index in [4.69, 9.17) is 4.74 Å². The van der Waals surface area contributed by atoms with E-state index in [0.717, 1.165) is 13.1 Å². The molecule has 2 rings (SSSR count). The molecule has 1 aromatic carbocycles. The molecule has 0 radical (unpaired) electrons. The lowest BCUT2D eigenvalue weighted by Gasteiger charge is -2.30. The first-order valence-corrected chi connectivity index (χ1v) is 5.61. The van der Waals surface area contributed by atoms with Crippen molar-refractivity contribution in [2.45, 2.75) is 19.1 Å². The first kappa shape index (κ1) is 11.3. The SMILES string of the molecule is COC1CN(Cc2ccccc2)CCC1=O. The fourth-order valence-corrected chi connectivity index (χ4v) is 2.05. The van der Waals surface area contributed by atoms with E-state index in [2.05, 4.69) is 17.0 Å². The van der Waals surface area contributed by atoms with Gasteiger partial charge in [0, 0.05) is 33.2 Å². The van der Waals surface area contributed by atoms with Crippen molar-refractivity contribution in [1.29, 1.82) is 0 Å². The van der Waals surface area contributed by atoms with Crippen LogP contribution in [0.4, 0.5) is 0 Å². The maximum atomic E-state index is 11.5. The average Bonchev–Trinajstić information content (AvgIpc) is 2.33. The highest BCUT2D eigenvalue weighted by Gasteiger charge is 2.26. The van der Waals surface area contributed by atoms with Crippen LogP contribution < -0.4 is 0 Å². The van der Waals surface area contributed by atoms with Gasteiger partial charge in [-0.25, -0.2) is 0 Å². The van der Waals surface area contributed by atoms with E-state index in [-0.39, 0.29) is 11.9 Å². The van der Waals surface area contributed by atoms with Gasteiger partial charge in [0.2, 0.25) is 0 Å². The molecule has 16 heavy (non-hydrogen) atoms. The Labute approximate surface area is 96.0 Å². The summed E-state index contributed by atoms with van der Waals surface area (Å²) < 4.78 is 5.18. The third-order valence-electron chi connectivity index (χ3n) is 2.99. The molecule has 1 aliphatic rings. The van der Waals surface area contributed by atoms with E-state index in [1.54, 1.807) is 7.11 Å². The van der Waals surface area contributed by atoms with Gasteiger partial charge >= 0.3 is 0 Å². The monoisotopic (exact) mass is 219 g/mol. The minimum Gasteiger partial charge on any atom is -0.372 e. The van der Waals surface area contributed by atoms with Gasteiger partial charge in [-0.05, 0) is 5.56 Å². The molecule has 1 unspecified atom stereocenters. The molecule has 0 aromatic heterocycles. The van der Waals surface area contributed by atoms with Gasteiger partial charge in [-0.3, -0.25) is 9.69 Å². The molecular weight excluding hydrogens is 202 g/mol. The van der Waals surface area contributed by atoms with Crippen LogP contribution in [0.25, 0.3) is 0 Å². The van der Waals surface area contributed by atoms with Crippen molar-refractivity contribution < 1.29 is 9.53 Å². The Hall–Kier alpha value is -1.19. The molecule has 1 saturated heterocycles. The standard InChI is InChI=1S/C13H17NO2/c1-16-13-10-14(8-7-12(13)15)9-11-5-3-2-4-6-11/h2-6,13H,7-10H2,1H3. The molecule has 1 aromatic rings. The molecule has 0 bridgehead atoms. The predicted octanol–water partition coefficient (Wildman–Crippen LogP) is 1.48. The fourth-order valence-electron chi connectivity index (χ4n) is 2.05. The van der Waals surface area contributed by atoms with Gasteiger partial charge in [0.15, 0.2) is 5.78 Å².